The molecule has 0 saturated carbocycles. The lowest BCUT2D eigenvalue weighted by Gasteiger charge is -2.20. The molecule has 0 fully saturated rings. The third kappa shape index (κ3) is 4.32. The van der Waals surface area contributed by atoms with Gasteiger partial charge in [0.25, 0.3) is 0 Å². The number of rotatable bonds is 6. The van der Waals surface area contributed by atoms with Crippen molar-refractivity contribution in [2.75, 3.05) is 0 Å². The fraction of sp³-hybridized carbons (Fsp3) is 0.125. The van der Waals surface area contributed by atoms with Crippen LogP contribution in [0.1, 0.15) is 17.0 Å². The molecule has 140 valence electrons. The summed E-state index contributed by atoms with van der Waals surface area (Å²) in [5.41, 5.74) is 3.39. The summed E-state index contributed by atoms with van der Waals surface area (Å²) in [7, 11) is -0.923. The molecule has 4 rings (SSSR count). The number of benzene rings is 3. The fourth-order valence-corrected chi connectivity index (χ4v) is 4.91. The topological polar surface area (TPSA) is 27.1 Å². The molecule has 28 heavy (non-hydrogen) atoms. The van der Waals surface area contributed by atoms with Crippen molar-refractivity contribution in [1.29, 1.82) is 0 Å². The van der Waals surface area contributed by atoms with Crippen LogP contribution >= 0.6 is 8.15 Å². The zero-order valence-corrected chi connectivity index (χ0v) is 17.0. The Hall–Kier alpha value is -2.90. The van der Waals surface area contributed by atoms with E-state index in [0.717, 1.165) is 18.0 Å². The Morgan fingerprint density at radius 2 is 1.43 bits per heavy atom. The second-order valence-corrected chi connectivity index (χ2v) is 8.59. The normalized spacial score (nSPS) is 11.0. The van der Waals surface area contributed by atoms with Crippen LogP contribution in [0.2, 0.25) is 0 Å². The second-order valence-electron chi connectivity index (χ2n) is 6.79. The average Bonchev–Trinajstić information content (AvgIpc) is 3.04. The summed E-state index contributed by atoms with van der Waals surface area (Å²) in [5, 5.41) is 6.97. The van der Waals surface area contributed by atoms with Gasteiger partial charge >= 0.3 is 0 Å². The lowest BCUT2D eigenvalue weighted by atomic mass is 10.2. The summed E-state index contributed by atoms with van der Waals surface area (Å²) in [6.45, 7) is 4.85. The predicted molar refractivity (Wildman–Crippen MR) is 117 cm³/mol. The Morgan fingerprint density at radius 3 is 2.00 bits per heavy atom. The van der Waals surface area contributed by atoms with Crippen LogP contribution in [0.4, 0.5) is 0 Å². The maximum Gasteiger partial charge on any atom is 0.150 e. The van der Waals surface area contributed by atoms with E-state index in [1.165, 1.54) is 21.9 Å². The molecular weight excluding hydrogens is 363 g/mol. The molecule has 0 aliphatic heterocycles. The van der Waals surface area contributed by atoms with Crippen LogP contribution in [-0.4, -0.2) is 9.78 Å². The molecule has 0 aliphatic carbocycles. The van der Waals surface area contributed by atoms with E-state index in [0.29, 0.717) is 0 Å². The summed E-state index contributed by atoms with van der Waals surface area (Å²) >= 11 is 0. The molecule has 1 heterocycles. The fourth-order valence-electron chi connectivity index (χ4n) is 3.20. The van der Waals surface area contributed by atoms with E-state index in [4.69, 9.17) is 4.52 Å². The molecule has 0 spiro atoms. The van der Waals surface area contributed by atoms with E-state index in [1.54, 1.807) is 0 Å². The maximum atomic E-state index is 6.54. The van der Waals surface area contributed by atoms with E-state index in [-0.39, 0.29) is 0 Å². The van der Waals surface area contributed by atoms with E-state index in [2.05, 4.69) is 84.8 Å². The Bertz CT molecular complexity index is 1010. The molecule has 4 aromatic rings. The number of hydrogen-bond acceptors (Lipinski definition) is 2. The Balaban J connectivity index is 1.61. The molecule has 0 radical (unpaired) electrons. The van der Waals surface area contributed by atoms with Gasteiger partial charge < -0.3 is 4.52 Å². The zero-order chi connectivity index (χ0) is 19.3. The van der Waals surface area contributed by atoms with Crippen molar-refractivity contribution in [1.82, 2.24) is 9.78 Å². The second kappa shape index (κ2) is 8.41. The van der Waals surface area contributed by atoms with Gasteiger partial charge in [-0.2, -0.15) is 5.10 Å². The summed E-state index contributed by atoms with van der Waals surface area (Å²) in [6, 6.07) is 31.3. The molecule has 0 aliphatic rings. The maximum absolute atomic E-state index is 6.54. The minimum Gasteiger partial charge on any atom is -0.464 e. The largest absolute Gasteiger partial charge is 0.464 e. The highest BCUT2D eigenvalue weighted by molar-refractivity contribution is 7.68. The van der Waals surface area contributed by atoms with Gasteiger partial charge in [-0.3, -0.25) is 4.68 Å². The lowest BCUT2D eigenvalue weighted by Crippen LogP contribution is -2.15. The molecule has 0 N–H and O–H groups in total. The quantitative estimate of drug-likeness (QED) is 0.437. The minimum atomic E-state index is -0.923. The average molecular weight is 386 g/mol. The van der Waals surface area contributed by atoms with Crippen LogP contribution in [0, 0.1) is 13.8 Å². The van der Waals surface area contributed by atoms with Crippen LogP contribution in [0.25, 0.3) is 0 Å². The minimum absolute atomic E-state index is 0.742. The first-order valence-electron chi connectivity index (χ1n) is 9.37. The SMILES string of the molecule is Cc1cc(C)n(Cc2cccc(OP(c3ccccc3)c3ccccc3)c2)n1. The first-order chi connectivity index (χ1) is 13.7. The number of aryl methyl sites for hydroxylation is 2. The third-order valence-electron chi connectivity index (χ3n) is 4.51. The van der Waals surface area contributed by atoms with Gasteiger partial charge in [-0.05, 0) is 37.6 Å². The van der Waals surface area contributed by atoms with Crippen molar-refractivity contribution in [3.05, 3.63) is 108 Å². The number of aromatic nitrogens is 2. The van der Waals surface area contributed by atoms with E-state index >= 15 is 0 Å². The van der Waals surface area contributed by atoms with Crippen molar-refractivity contribution >= 4 is 18.8 Å². The summed E-state index contributed by atoms with van der Waals surface area (Å²) in [4.78, 5) is 0. The van der Waals surface area contributed by atoms with Crippen LogP contribution in [0.3, 0.4) is 0 Å². The van der Waals surface area contributed by atoms with Crippen molar-refractivity contribution in [3.63, 3.8) is 0 Å². The van der Waals surface area contributed by atoms with E-state index < -0.39 is 8.15 Å². The van der Waals surface area contributed by atoms with Crippen LogP contribution in [-0.2, 0) is 6.54 Å². The van der Waals surface area contributed by atoms with Crippen LogP contribution < -0.4 is 15.1 Å². The van der Waals surface area contributed by atoms with Gasteiger partial charge in [0.2, 0.25) is 0 Å². The Labute approximate surface area is 167 Å². The van der Waals surface area contributed by atoms with Crippen molar-refractivity contribution in [2.24, 2.45) is 0 Å². The summed E-state index contributed by atoms with van der Waals surface area (Å²) in [5.74, 6) is 0.887. The first-order valence-corrected chi connectivity index (χ1v) is 10.6. The standard InChI is InChI=1S/C24H23N2OP/c1-19-16-20(2)26(25-19)18-21-10-9-11-22(17-21)27-28(23-12-5-3-6-13-23)24-14-7-4-8-15-24/h3-17H,18H2,1-2H3. The molecule has 1 aromatic heterocycles. The Kier molecular flexibility index (Phi) is 5.55. The summed E-state index contributed by atoms with van der Waals surface area (Å²) < 4.78 is 8.57. The van der Waals surface area contributed by atoms with Crippen molar-refractivity contribution in [2.45, 2.75) is 20.4 Å². The lowest BCUT2D eigenvalue weighted by molar-refractivity contribution is 0.621. The molecule has 4 heteroatoms. The highest BCUT2D eigenvalue weighted by atomic mass is 31.1. The zero-order valence-electron chi connectivity index (χ0n) is 16.1. The molecule has 0 saturated heterocycles. The van der Waals surface area contributed by atoms with Gasteiger partial charge in [-0.25, -0.2) is 0 Å². The van der Waals surface area contributed by atoms with Crippen LogP contribution in [0.15, 0.2) is 91.0 Å². The van der Waals surface area contributed by atoms with Gasteiger partial charge in [-0.1, -0.05) is 72.8 Å². The summed E-state index contributed by atoms with van der Waals surface area (Å²) in [6.07, 6.45) is 0. The number of nitrogens with zero attached hydrogens (tertiary/aromatic N) is 2. The van der Waals surface area contributed by atoms with Crippen molar-refractivity contribution < 1.29 is 4.52 Å². The molecule has 0 bridgehead atoms. The monoisotopic (exact) mass is 386 g/mol. The van der Waals surface area contributed by atoms with Gasteiger partial charge in [0.1, 0.15) is 5.75 Å². The molecule has 3 nitrogen and oxygen atoms in total. The molecule has 0 amide bonds. The van der Waals surface area contributed by atoms with Gasteiger partial charge in [0.05, 0.1) is 12.2 Å². The Morgan fingerprint density at radius 1 is 0.786 bits per heavy atom. The van der Waals surface area contributed by atoms with Gasteiger partial charge in [0.15, 0.2) is 8.15 Å². The van der Waals surface area contributed by atoms with Crippen LogP contribution in [0.5, 0.6) is 5.75 Å². The molecule has 0 atom stereocenters. The highest BCUT2D eigenvalue weighted by Crippen LogP contribution is 2.36. The number of hydrogen-bond donors (Lipinski definition) is 0. The van der Waals surface area contributed by atoms with Gasteiger partial charge in [0, 0.05) is 16.3 Å². The third-order valence-corrected chi connectivity index (χ3v) is 6.44. The molecular formula is C24H23N2OP. The predicted octanol–water partition coefficient (Wildman–Crippen LogP) is 4.97. The van der Waals surface area contributed by atoms with E-state index in [1.807, 2.05) is 29.8 Å². The smallest absolute Gasteiger partial charge is 0.150 e. The van der Waals surface area contributed by atoms with E-state index in [9.17, 15) is 0 Å². The highest BCUT2D eigenvalue weighted by Gasteiger charge is 2.17. The van der Waals surface area contributed by atoms with Gasteiger partial charge in [-0.15, -0.1) is 0 Å². The molecule has 3 aromatic carbocycles. The first kappa shape index (κ1) is 18.5. The van der Waals surface area contributed by atoms with Crippen molar-refractivity contribution in [3.8, 4) is 5.75 Å². The molecule has 0 unspecified atom stereocenters.